The molecule has 0 aromatic carbocycles. The van der Waals surface area contributed by atoms with Gasteiger partial charge in [-0.2, -0.15) is 0 Å². The Bertz CT molecular complexity index is 197. The van der Waals surface area contributed by atoms with Crippen molar-refractivity contribution in [2.24, 2.45) is 11.8 Å². The minimum Gasteiger partial charge on any atom is -0.303 e. The summed E-state index contributed by atoms with van der Waals surface area (Å²) in [5.74, 6) is 0.953. The van der Waals surface area contributed by atoms with Gasteiger partial charge in [-0.05, 0) is 33.1 Å². The van der Waals surface area contributed by atoms with Crippen LogP contribution in [0.15, 0.2) is 0 Å². The monoisotopic (exact) mass is 213 g/mol. The van der Waals surface area contributed by atoms with Crippen molar-refractivity contribution in [3.63, 3.8) is 0 Å². The minimum absolute atomic E-state index is 0.0972. The third-order valence-electron chi connectivity index (χ3n) is 2.49. The predicted octanol–water partition coefficient (Wildman–Crippen LogP) is 3.01. The summed E-state index contributed by atoms with van der Waals surface area (Å²) in [7, 11) is 0. The van der Waals surface area contributed by atoms with E-state index in [1.807, 2.05) is 20.8 Å². The lowest BCUT2D eigenvalue weighted by atomic mass is 9.81. The molecule has 0 fully saturated rings. The van der Waals surface area contributed by atoms with Crippen molar-refractivity contribution in [2.45, 2.75) is 66.5 Å². The summed E-state index contributed by atoms with van der Waals surface area (Å²) >= 11 is 0. The van der Waals surface area contributed by atoms with E-state index in [1.54, 1.807) is 0 Å². The van der Waals surface area contributed by atoms with Gasteiger partial charge in [-0.1, -0.05) is 27.7 Å². The summed E-state index contributed by atoms with van der Waals surface area (Å²) in [5.41, 5.74) is -0.365. The molecule has 0 aliphatic carbocycles. The SMILES string of the molecule is CC(C)C[C@](C)(NC(C)C)C(=O)C(C)C. The average Bonchev–Trinajstić information content (AvgIpc) is 1.99. The first-order valence-electron chi connectivity index (χ1n) is 6.01. The Kier molecular flexibility index (Phi) is 5.50. The molecule has 0 rings (SSSR count). The molecule has 0 unspecified atom stereocenters. The maximum atomic E-state index is 12.2. The van der Waals surface area contributed by atoms with Gasteiger partial charge in [0, 0.05) is 12.0 Å². The summed E-state index contributed by atoms with van der Waals surface area (Å²) in [6.45, 7) is 14.5. The van der Waals surface area contributed by atoms with Crippen LogP contribution in [0.1, 0.15) is 54.9 Å². The molecule has 0 saturated carbocycles. The van der Waals surface area contributed by atoms with E-state index >= 15 is 0 Å². The molecule has 0 bridgehead atoms. The van der Waals surface area contributed by atoms with E-state index in [1.165, 1.54) is 0 Å². The lowest BCUT2D eigenvalue weighted by molar-refractivity contribution is -0.128. The highest BCUT2D eigenvalue weighted by Gasteiger charge is 2.35. The molecule has 90 valence electrons. The van der Waals surface area contributed by atoms with Gasteiger partial charge in [-0.3, -0.25) is 4.79 Å². The standard InChI is InChI=1S/C13H27NO/c1-9(2)8-13(7,14-11(5)6)12(15)10(3)4/h9-11,14H,8H2,1-7H3/t13-/m0/s1. The van der Waals surface area contributed by atoms with Crippen molar-refractivity contribution >= 4 is 5.78 Å². The molecule has 0 aromatic rings. The van der Waals surface area contributed by atoms with E-state index < -0.39 is 0 Å². The van der Waals surface area contributed by atoms with Crippen LogP contribution in [0.25, 0.3) is 0 Å². The molecule has 0 radical (unpaired) electrons. The second-order valence-electron chi connectivity index (χ2n) is 5.75. The van der Waals surface area contributed by atoms with Gasteiger partial charge in [0.1, 0.15) is 0 Å². The van der Waals surface area contributed by atoms with Crippen LogP contribution in [-0.4, -0.2) is 17.4 Å². The molecule has 0 aliphatic heterocycles. The molecule has 0 aromatic heterocycles. The van der Waals surface area contributed by atoms with E-state index in [2.05, 4.69) is 33.0 Å². The highest BCUT2D eigenvalue weighted by molar-refractivity contribution is 5.89. The second kappa shape index (κ2) is 5.64. The third-order valence-corrected chi connectivity index (χ3v) is 2.49. The highest BCUT2D eigenvalue weighted by atomic mass is 16.1. The largest absolute Gasteiger partial charge is 0.303 e. The van der Waals surface area contributed by atoms with E-state index in [4.69, 9.17) is 0 Å². The fourth-order valence-corrected chi connectivity index (χ4v) is 2.32. The average molecular weight is 213 g/mol. The third kappa shape index (κ3) is 4.78. The van der Waals surface area contributed by atoms with Gasteiger partial charge in [-0.15, -0.1) is 0 Å². The highest BCUT2D eigenvalue weighted by Crippen LogP contribution is 2.22. The van der Waals surface area contributed by atoms with Crippen molar-refractivity contribution in [3.8, 4) is 0 Å². The Hall–Kier alpha value is -0.370. The number of hydrogen-bond donors (Lipinski definition) is 1. The molecular formula is C13H27NO. The zero-order chi connectivity index (χ0) is 12.2. The predicted molar refractivity (Wildman–Crippen MR) is 66.0 cm³/mol. The van der Waals surface area contributed by atoms with Crippen LogP contribution >= 0.6 is 0 Å². The van der Waals surface area contributed by atoms with Crippen molar-refractivity contribution in [3.05, 3.63) is 0 Å². The van der Waals surface area contributed by atoms with Gasteiger partial charge in [-0.25, -0.2) is 0 Å². The number of rotatable bonds is 6. The van der Waals surface area contributed by atoms with E-state index in [9.17, 15) is 4.79 Å². The number of Topliss-reactive ketones (excluding diaryl/α,β-unsaturated/α-hetero) is 1. The Morgan fingerprint density at radius 3 is 1.87 bits per heavy atom. The van der Waals surface area contributed by atoms with E-state index in [0.717, 1.165) is 6.42 Å². The lowest BCUT2D eigenvalue weighted by Crippen LogP contribution is -2.54. The Morgan fingerprint density at radius 1 is 1.13 bits per heavy atom. The molecule has 2 heteroatoms. The van der Waals surface area contributed by atoms with Crippen LogP contribution in [0.2, 0.25) is 0 Å². The molecule has 0 heterocycles. The summed E-state index contributed by atoms with van der Waals surface area (Å²) < 4.78 is 0. The van der Waals surface area contributed by atoms with Gasteiger partial charge >= 0.3 is 0 Å². The number of carbonyl (C=O) groups is 1. The maximum Gasteiger partial charge on any atom is 0.155 e. The Balaban J connectivity index is 4.76. The van der Waals surface area contributed by atoms with Crippen molar-refractivity contribution in [1.29, 1.82) is 0 Å². The first kappa shape index (κ1) is 14.6. The lowest BCUT2D eigenvalue weighted by Gasteiger charge is -2.34. The van der Waals surface area contributed by atoms with Gasteiger partial charge in [0.2, 0.25) is 0 Å². The smallest absolute Gasteiger partial charge is 0.155 e. The summed E-state index contributed by atoms with van der Waals surface area (Å²) in [6.07, 6.45) is 0.905. The number of hydrogen-bond acceptors (Lipinski definition) is 2. The number of carbonyl (C=O) groups excluding carboxylic acids is 1. The molecule has 2 nitrogen and oxygen atoms in total. The van der Waals surface area contributed by atoms with Gasteiger partial charge in [0.15, 0.2) is 5.78 Å². The van der Waals surface area contributed by atoms with Crippen molar-refractivity contribution < 1.29 is 4.79 Å². The normalized spacial score (nSPS) is 16.1. The van der Waals surface area contributed by atoms with Gasteiger partial charge < -0.3 is 5.32 Å². The Labute approximate surface area is 94.8 Å². The quantitative estimate of drug-likeness (QED) is 0.735. The first-order chi connectivity index (χ1) is 6.69. The molecule has 0 saturated heterocycles. The van der Waals surface area contributed by atoms with Crippen LogP contribution in [0, 0.1) is 11.8 Å². The topological polar surface area (TPSA) is 29.1 Å². The fraction of sp³-hybridized carbons (Fsp3) is 0.923. The molecule has 1 atom stereocenters. The number of ketones is 1. The number of nitrogens with one attached hydrogen (secondary N) is 1. The van der Waals surface area contributed by atoms with E-state index in [-0.39, 0.29) is 11.5 Å². The summed E-state index contributed by atoms with van der Waals surface area (Å²) in [6, 6.07) is 0.344. The fourth-order valence-electron chi connectivity index (χ4n) is 2.32. The summed E-state index contributed by atoms with van der Waals surface area (Å²) in [5, 5.41) is 3.42. The molecule has 0 aliphatic rings. The van der Waals surface area contributed by atoms with Gasteiger partial charge in [0.25, 0.3) is 0 Å². The molecular weight excluding hydrogens is 186 g/mol. The van der Waals surface area contributed by atoms with Crippen LogP contribution in [0.5, 0.6) is 0 Å². The van der Waals surface area contributed by atoms with Crippen molar-refractivity contribution in [1.82, 2.24) is 5.32 Å². The summed E-state index contributed by atoms with van der Waals surface area (Å²) in [4.78, 5) is 12.2. The molecule has 1 N–H and O–H groups in total. The van der Waals surface area contributed by atoms with Crippen LogP contribution in [0.4, 0.5) is 0 Å². The minimum atomic E-state index is -0.365. The molecule has 0 amide bonds. The molecule has 0 spiro atoms. The van der Waals surface area contributed by atoms with Crippen LogP contribution in [0.3, 0.4) is 0 Å². The first-order valence-corrected chi connectivity index (χ1v) is 6.01. The van der Waals surface area contributed by atoms with Crippen LogP contribution in [-0.2, 0) is 4.79 Å². The Morgan fingerprint density at radius 2 is 1.60 bits per heavy atom. The maximum absolute atomic E-state index is 12.2. The zero-order valence-corrected chi connectivity index (χ0v) is 11.3. The van der Waals surface area contributed by atoms with E-state index in [0.29, 0.717) is 17.7 Å². The van der Waals surface area contributed by atoms with Gasteiger partial charge in [0.05, 0.1) is 5.54 Å². The second-order valence-corrected chi connectivity index (χ2v) is 5.75. The van der Waals surface area contributed by atoms with Crippen molar-refractivity contribution in [2.75, 3.05) is 0 Å². The molecule has 15 heavy (non-hydrogen) atoms. The zero-order valence-electron chi connectivity index (χ0n) is 11.3. The van der Waals surface area contributed by atoms with Crippen LogP contribution < -0.4 is 5.32 Å².